The molecular formula is C12H12ClNO2S. The van der Waals surface area contributed by atoms with Crippen molar-refractivity contribution in [3.05, 3.63) is 45.1 Å². The normalized spacial score (nSPS) is 12.4. The lowest BCUT2D eigenvalue weighted by atomic mass is 10.0. The van der Waals surface area contributed by atoms with Gasteiger partial charge in [0.25, 0.3) is 0 Å². The Morgan fingerprint density at radius 2 is 2.18 bits per heavy atom. The molecule has 0 spiro atoms. The van der Waals surface area contributed by atoms with Gasteiger partial charge in [-0.05, 0) is 23.6 Å². The standard InChI is InChI=1S/C12H12ClNO2S/c1-16-8-5-4-7(13)12(15)10(8)11(14)9-3-2-6-17-9/h2-6,11,15H,14H2,1H3/t11-/m0/s1. The van der Waals surface area contributed by atoms with Crippen molar-refractivity contribution in [1.29, 1.82) is 0 Å². The molecule has 17 heavy (non-hydrogen) atoms. The van der Waals surface area contributed by atoms with Crippen LogP contribution in [0.15, 0.2) is 29.6 Å². The Kier molecular flexibility index (Phi) is 3.57. The van der Waals surface area contributed by atoms with Crippen molar-refractivity contribution in [3.8, 4) is 11.5 Å². The molecule has 3 N–H and O–H groups in total. The molecule has 2 aromatic rings. The predicted octanol–water partition coefficient (Wildman–Crippen LogP) is 3.16. The molecule has 90 valence electrons. The summed E-state index contributed by atoms with van der Waals surface area (Å²) in [5.74, 6) is 0.514. The second-order valence-corrected chi connectivity index (χ2v) is 4.89. The second kappa shape index (κ2) is 4.96. The van der Waals surface area contributed by atoms with E-state index in [1.54, 1.807) is 12.1 Å². The first-order chi connectivity index (χ1) is 8.15. The van der Waals surface area contributed by atoms with Gasteiger partial charge in [0, 0.05) is 4.88 Å². The second-order valence-electron chi connectivity index (χ2n) is 3.51. The Morgan fingerprint density at radius 1 is 1.41 bits per heavy atom. The van der Waals surface area contributed by atoms with Crippen molar-refractivity contribution in [1.82, 2.24) is 0 Å². The van der Waals surface area contributed by atoms with Crippen LogP contribution >= 0.6 is 22.9 Å². The fourth-order valence-corrected chi connectivity index (χ4v) is 2.55. The fourth-order valence-electron chi connectivity index (χ4n) is 1.65. The van der Waals surface area contributed by atoms with Gasteiger partial charge >= 0.3 is 0 Å². The van der Waals surface area contributed by atoms with Crippen molar-refractivity contribution >= 4 is 22.9 Å². The monoisotopic (exact) mass is 269 g/mol. The highest BCUT2D eigenvalue weighted by Gasteiger charge is 2.21. The molecule has 0 amide bonds. The summed E-state index contributed by atoms with van der Waals surface area (Å²) in [6, 6.07) is 6.66. The first-order valence-corrected chi connectivity index (χ1v) is 6.25. The Bertz CT molecular complexity index is 513. The molecule has 1 atom stereocenters. The van der Waals surface area contributed by atoms with Gasteiger partial charge in [-0.25, -0.2) is 0 Å². The molecule has 1 aromatic heterocycles. The minimum absolute atomic E-state index is 0.0214. The first-order valence-electron chi connectivity index (χ1n) is 4.99. The Hall–Kier alpha value is -1.23. The molecule has 1 heterocycles. The smallest absolute Gasteiger partial charge is 0.143 e. The number of ether oxygens (including phenoxy) is 1. The highest BCUT2D eigenvalue weighted by molar-refractivity contribution is 7.10. The van der Waals surface area contributed by atoms with Crippen molar-refractivity contribution in [2.75, 3.05) is 7.11 Å². The number of nitrogens with two attached hydrogens (primary N) is 1. The average molecular weight is 270 g/mol. The van der Waals surface area contributed by atoms with Gasteiger partial charge in [-0.1, -0.05) is 17.7 Å². The lowest BCUT2D eigenvalue weighted by Crippen LogP contribution is -2.12. The van der Waals surface area contributed by atoms with Crippen LogP contribution in [0.25, 0.3) is 0 Å². The first kappa shape index (κ1) is 12.2. The lowest BCUT2D eigenvalue weighted by Gasteiger charge is -2.16. The van der Waals surface area contributed by atoms with Gasteiger partial charge < -0.3 is 15.6 Å². The van der Waals surface area contributed by atoms with Crippen LogP contribution in [0.1, 0.15) is 16.5 Å². The number of phenols is 1. The minimum Gasteiger partial charge on any atom is -0.506 e. The molecule has 3 nitrogen and oxygen atoms in total. The molecule has 0 saturated heterocycles. The van der Waals surface area contributed by atoms with Gasteiger partial charge in [0.1, 0.15) is 11.5 Å². The molecule has 1 aromatic carbocycles. The maximum absolute atomic E-state index is 9.99. The topological polar surface area (TPSA) is 55.5 Å². The molecule has 0 saturated carbocycles. The van der Waals surface area contributed by atoms with E-state index >= 15 is 0 Å². The van der Waals surface area contributed by atoms with Gasteiger partial charge in [0.05, 0.1) is 23.7 Å². The maximum Gasteiger partial charge on any atom is 0.143 e. The molecule has 2 rings (SSSR count). The van der Waals surface area contributed by atoms with Crippen molar-refractivity contribution in [3.63, 3.8) is 0 Å². The van der Waals surface area contributed by atoms with E-state index in [-0.39, 0.29) is 10.8 Å². The van der Waals surface area contributed by atoms with Crippen LogP contribution in [-0.4, -0.2) is 12.2 Å². The quantitative estimate of drug-likeness (QED) is 0.900. The van der Waals surface area contributed by atoms with Crippen LogP contribution in [-0.2, 0) is 0 Å². The number of methoxy groups -OCH3 is 1. The highest BCUT2D eigenvalue weighted by Crippen LogP contribution is 2.40. The van der Waals surface area contributed by atoms with E-state index in [0.717, 1.165) is 4.88 Å². The summed E-state index contributed by atoms with van der Waals surface area (Å²) < 4.78 is 5.21. The predicted molar refractivity (Wildman–Crippen MR) is 70.0 cm³/mol. The Labute approximate surface area is 108 Å². The molecule has 0 unspecified atom stereocenters. The number of thiophene rings is 1. The zero-order valence-electron chi connectivity index (χ0n) is 9.18. The molecule has 0 bridgehead atoms. The third-order valence-electron chi connectivity index (χ3n) is 2.51. The summed E-state index contributed by atoms with van der Waals surface area (Å²) in [5, 5.41) is 12.2. The van der Waals surface area contributed by atoms with Gasteiger partial charge in [-0.2, -0.15) is 0 Å². The zero-order valence-corrected chi connectivity index (χ0v) is 10.8. The number of phenolic OH excluding ortho intramolecular Hbond substituents is 1. The van der Waals surface area contributed by atoms with E-state index < -0.39 is 6.04 Å². The van der Waals surface area contributed by atoms with E-state index in [1.165, 1.54) is 18.4 Å². The van der Waals surface area contributed by atoms with Crippen LogP contribution < -0.4 is 10.5 Å². The van der Waals surface area contributed by atoms with Gasteiger partial charge in [0.2, 0.25) is 0 Å². The van der Waals surface area contributed by atoms with Crippen molar-refractivity contribution < 1.29 is 9.84 Å². The SMILES string of the molecule is COc1ccc(Cl)c(O)c1[C@@H](N)c1cccs1. The van der Waals surface area contributed by atoms with Crippen LogP contribution in [0.4, 0.5) is 0 Å². The van der Waals surface area contributed by atoms with Crippen LogP contribution in [0.2, 0.25) is 5.02 Å². The summed E-state index contributed by atoms with van der Waals surface area (Å²) in [6.07, 6.45) is 0. The van der Waals surface area contributed by atoms with E-state index in [4.69, 9.17) is 22.1 Å². The molecule has 0 aliphatic carbocycles. The third-order valence-corrected chi connectivity index (χ3v) is 3.77. The number of hydrogen-bond acceptors (Lipinski definition) is 4. The maximum atomic E-state index is 9.99. The van der Waals surface area contributed by atoms with Crippen molar-refractivity contribution in [2.24, 2.45) is 5.73 Å². The number of hydrogen-bond donors (Lipinski definition) is 2. The van der Waals surface area contributed by atoms with E-state index in [1.807, 2.05) is 17.5 Å². The third kappa shape index (κ3) is 2.24. The summed E-state index contributed by atoms with van der Waals surface area (Å²) >= 11 is 7.42. The number of rotatable bonds is 3. The minimum atomic E-state index is -0.441. The lowest BCUT2D eigenvalue weighted by molar-refractivity contribution is 0.397. The number of halogens is 1. The van der Waals surface area contributed by atoms with E-state index in [9.17, 15) is 5.11 Å². The number of aromatic hydroxyl groups is 1. The van der Waals surface area contributed by atoms with Gasteiger partial charge in [-0.15, -0.1) is 11.3 Å². The zero-order chi connectivity index (χ0) is 12.4. The van der Waals surface area contributed by atoms with E-state index in [2.05, 4.69) is 0 Å². The average Bonchev–Trinajstić information content (AvgIpc) is 2.85. The molecule has 0 fully saturated rings. The molecule has 5 heteroatoms. The summed E-state index contributed by atoms with van der Waals surface area (Å²) in [6.45, 7) is 0. The van der Waals surface area contributed by atoms with Crippen LogP contribution in [0.3, 0.4) is 0 Å². The van der Waals surface area contributed by atoms with Gasteiger partial charge in [-0.3, -0.25) is 0 Å². The molecule has 0 radical (unpaired) electrons. The van der Waals surface area contributed by atoms with Crippen molar-refractivity contribution in [2.45, 2.75) is 6.04 Å². The van der Waals surface area contributed by atoms with Crippen LogP contribution in [0, 0.1) is 0 Å². The molecular weight excluding hydrogens is 258 g/mol. The van der Waals surface area contributed by atoms with E-state index in [0.29, 0.717) is 11.3 Å². The largest absolute Gasteiger partial charge is 0.506 e. The van der Waals surface area contributed by atoms with Gasteiger partial charge in [0.15, 0.2) is 0 Å². The summed E-state index contributed by atoms with van der Waals surface area (Å²) in [7, 11) is 1.54. The molecule has 0 aliphatic rings. The summed E-state index contributed by atoms with van der Waals surface area (Å²) in [5.41, 5.74) is 6.63. The summed E-state index contributed by atoms with van der Waals surface area (Å²) in [4.78, 5) is 0.945. The fraction of sp³-hybridized carbons (Fsp3) is 0.167. The Balaban J connectivity index is 2.53. The Morgan fingerprint density at radius 3 is 2.76 bits per heavy atom. The molecule has 0 aliphatic heterocycles. The van der Waals surface area contributed by atoms with Crippen LogP contribution in [0.5, 0.6) is 11.5 Å². The number of benzene rings is 1. The highest BCUT2D eigenvalue weighted by atomic mass is 35.5.